The highest BCUT2D eigenvalue weighted by atomic mass is 32.1. The van der Waals surface area contributed by atoms with Gasteiger partial charge in [0.1, 0.15) is 0 Å². The van der Waals surface area contributed by atoms with Crippen LogP contribution in [0.5, 0.6) is 0 Å². The lowest BCUT2D eigenvalue weighted by Gasteiger charge is -2.12. The molecule has 84 valence electrons. The predicted molar refractivity (Wildman–Crippen MR) is 60.8 cm³/mol. The van der Waals surface area contributed by atoms with Gasteiger partial charge < -0.3 is 16.2 Å². The molecule has 1 amide bonds. The van der Waals surface area contributed by atoms with Crippen LogP contribution >= 0.6 is 11.3 Å². The van der Waals surface area contributed by atoms with Crippen molar-refractivity contribution in [3.63, 3.8) is 0 Å². The van der Waals surface area contributed by atoms with Crippen molar-refractivity contribution in [1.29, 1.82) is 0 Å². The van der Waals surface area contributed by atoms with Gasteiger partial charge in [-0.15, -0.1) is 11.3 Å². The fourth-order valence-corrected chi connectivity index (χ4v) is 2.01. The minimum absolute atomic E-state index is 0.115. The Hall–Kier alpha value is -0.910. The number of nitrogens with two attached hydrogens (primary N) is 1. The number of hydrogen-bond donors (Lipinski definition) is 3. The zero-order valence-electron chi connectivity index (χ0n) is 8.69. The van der Waals surface area contributed by atoms with Crippen molar-refractivity contribution in [1.82, 2.24) is 5.32 Å². The summed E-state index contributed by atoms with van der Waals surface area (Å²) in [5.74, 6) is -0.397. The Morgan fingerprint density at radius 2 is 2.47 bits per heavy atom. The first-order valence-electron chi connectivity index (χ1n) is 4.88. The first-order valence-corrected chi connectivity index (χ1v) is 5.76. The molecule has 0 unspecified atom stereocenters. The van der Waals surface area contributed by atoms with Crippen LogP contribution in [0.2, 0.25) is 0 Å². The molecule has 15 heavy (non-hydrogen) atoms. The van der Waals surface area contributed by atoms with Crippen molar-refractivity contribution in [3.05, 3.63) is 21.9 Å². The maximum atomic E-state index is 10.8. The Labute approximate surface area is 93.1 Å². The predicted octanol–water partition coefficient (Wildman–Crippen LogP) is 0.707. The molecule has 0 radical (unpaired) electrons. The Balaban J connectivity index is 2.47. The molecule has 0 aliphatic heterocycles. The molecule has 0 saturated heterocycles. The molecule has 0 fully saturated rings. The lowest BCUT2D eigenvalue weighted by Crippen LogP contribution is -2.30. The number of amides is 1. The minimum atomic E-state index is -0.397. The van der Waals surface area contributed by atoms with Crippen molar-refractivity contribution < 1.29 is 9.90 Å². The van der Waals surface area contributed by atoms with E-state index in [0.29, 0.717) is 12.1 Å². The summed E-state index contributed by atoms with van der Waals surface area (Å²) in [5, 5.41) is 13.9. The largest absolute Gasteiger partial charge is 0.395 e. The molecule has 0 aliphatic rings. The van der Waals surface area contributed by atoms with Gasteiger partial charge in [0, 0.05) is 22.8 Å². The van der Waals surface area contributed by atoms with Crippen LogP contribution in [0.3, 0.4) is 0 Å². The molecule has 0 spiro atoms. The third-order valence-corrected chi connectivity index (χ3v) is 3.15. The van der Waals surface area contributed by atoms with Crippen LogP contribution in [-0.2, 0) is 6.54 Å². The molecule has 1 rings (SSSR count). The molecule has 1 aromatic rings. The normalized spacial score (nSPS) is 12.7. The molecule has 0 bridgehead atoms. The van der Waals surface area contributed by atoms with Gasteiger partial charge in [0.25, 0.3) is 0 Å². The number of rotatable bonds is 6. The zero-order valence-corrected chi connectivity index (χ0v) is 9.51. The van der Waals surface area contributed by atoms with E-state index in [-0.39, 0.29) is 12.6 Å². The summed E-state index contributed by atoms with van der Waals surface area (Å²) < 4.78 is 0. The van der Waals surface area contributed by atoms with Gasteiger partial charge in [0.15, 0.2) is 0 Å². The van der Waals surface area contributed by atoms with E-state index in [1.165, 1.54) is 11.3 Å². The summed E-state index contributed by atoms with van der Waals surface area (Å²) in [6.45, 7) is 2.80. The van der Waals surface area contributed by atoms with E-state index in [2.05, 4.69) is 5.32 Å². The maximum absolute atomic E-state index is 10.8. The van der Waals surface area contributed by atoms with Gasteiger partial charge in [0.05, 0.1) is 12.2 Å². The number of primary amides is 1. The van der Waals surface area contributed by atoms with Crippen molar-refractivity contribution in [2.75, 3.05) is 6.61 Å². The fraction of sp³-hybridized carbons (Fsp3) is 0.500. The number of aliphatic hydroxyl groups is 1. The van der Waals surface area contributed by atoms with Crippen LogP contribution in [0, 0.1) is 0 Å². The van der Waals surface area contributed by atoms with Crippen molar-refractivity contribution in [2.24, 2.45) is 5.73 Å². The van der Waals surface area contributed by atoms with Gasteiger partial charge >= 0.3 is 0 Å². The lowest BCUT2D eigenvalue weighted by atomic mass is 10.2. The summed E-state index contributed by atoms with van der Waals surface area (Å²) in [6.07, 6.45) is 0.880. The van der Waals surface area contributed by atoms with Crippen molar-refractivity contribution >= 4 is 17.2 Å². The van der Waals surface area contributed by atoms with E-state index < -0.39 is 5.91 Å². The van der Waals surface area contributed by atoms with E-state index >= 15 is 0 Å². The second kappa shape index (κ2) is 5.85. The second-order valence-corrected chi connectivity index (χ2v) is 4.33. The molecule has 4 N–H and O–H groups in total. The third-order valence-electron chi connectivity index (χ3n) is 2.22. The average molecular weight is 228 g/mol. The second-order valence-electron chi connectivity index (χ2n) is 3.33. The Bertz CT molecular complexity index is 321. The van der Waals surface area contributed by atoms with E-state index in [4.69, 9.17) is 10.8 Å². The van der Waals surface area contributed by atoms with Crippen LogP contribution in [0.15, 0.2) is 11.4 Å². The molecule has 4 nitrogen and oxygen atoms in total. The highest BCUT2D eigenvalue weighted by Crippen LogP contribution is 2.14. The highest BCUT2D eigenvalue weighted by Gasteiger charge is 2.07. The van der Waals surface area contributed by atoms with Gasteiger partial charge in [0.2, 0.25) is 5.91 Å². The van der Waals surface area contributed by atoms with Crippen molar-refractivity contribution in [3.8, 4) is 0 Å². The average Bonchev–Trinajstić information content (AvgIpc) is 2.68. The molecule has 1 heterocycles. The first kappa shape index (κ1) is 12.2. The molecule has 0 aliphatic carbocycles. The van der Waals surface area contributed by atoms with Gasteiger partial charge in [-0.1, -0.05) is 6.92 Å². The number of aliphatic hydroxyl groups excluding tert-OH is 1. The lowest BCUT2D eigenvalue weighted by molar-refractivity contribution is 0.100. The number of thiophene rings is 1. The number of carbonyl (C=O) groups excluding carboxylic acids is 1. The summed E-state index contributed by atoms with van der Waals surface area (Å²) in [4.78, 5) is 11.9. The Kier molecular flexibility index (Phi) is 4.74. The molecular weight excluding hydrogens is 212 g/mol. The monoisotopic (exact) mass is 228 g/mol. The minimum Gasteiger partial charge on any atom is -0.395 e. The Morgan fingerprint density at radius 3 is 2.93 bits per heavy atom. The van der Waals surface area contributed by atoms with Crippen LogP contribution < -0.4 is 11.1 Å². The molecule has 1 atom stereocenters. The van der Waals surface area contributed by atoms with E-state index in [1.807, 2.05) is 6.92 Å². The SMILES string of the molecule is CC[C@H](CO)NCc1cc(C(N)=O)cs1. The molecule has 1 aromatic heterocycles. The summed E-state index contributed by atoms with van der Waals surface area (Å²) >= 11 is 1.50. The molecule has 5 heteroatoms. The highest BCUT2D eigenvalue weighted by molar-refractivity contribution is 7.10. The van der Waals surface area contributed by atoms with Crippen LogP contribution in [0.1, 0.15) is 28.6 Å². The van der Waals surface area contributed by atoms with Crippen LogP contribution in [0.4, 0.5) is 0 Å². The Morgan fingerprint density at radius 1 is 1.73 bits per heavy atom. The standard InChI is InChI=1S/C10H16N2O2S/c1-2-8(5-13)12-4-9-3-7(6-15-9)10(11)14/h3,6,8,12-13H,2,4-5H2,1H3,(H2,11,14)/t8-/m1/s1. The fourth-order valence-electron chi connectivity index (χ4n) is 1.19. The smallest absolute Gasteiger partial charge is 0.249 e. The third kappa shape index (κ3) is 3.62. The van der Waals surface area contributed by atoms with Crippen molar-refractivity contribution in [2.45, 2.75) is 25.9 Å². The molecule has 0 aromatic carbocycles. The maximum Gasteiger partial charge on any atom is 0.249 e. The summed E-state index contributed by atoms with van der Waals surface area (Å²) in [7, 11) is 0. The summed E-state index contributed by atoms with van der Waals surface area (Å²) in [6, 6.07) is 1.90. The quantitative estimate of drug-likeness (QED) is 0.671. The van der Waals surface area contributed by atoms with E-state index in [9.17, 15) is 4.79 Å². The van der Waals surface area contributed by atoms with E-state index in [0.717, 1.165) is 11.3 Å². The van der Waals surface area contributed by atoms with Crippen LogP contribution in [0.25, 0.3) is 0 Å². The first-order chi connectivity index (χ1) is 7.17. The van der Waals surface area contributed by atoms with Gasteiger partial charge in [-0.05, 0) is 12.5 Å². The zero-order chi connectivity index (χ0) is 11.3. The van der Waals surface area contributed by atoms with Gasteiger partial charge in [-0.2, -0.15) is 0 Å². The molecule has 0 saturated carbocycles. The van der Waals surface area contributed by atoms with Crippen LogP contribution in [-0.4, -0.2) is 23.7 Å². The number of hydrogen-bond acceptors (Lipinski definition) is 4. The number of carbonyl (C=O) groups is 1. The molecular formula is C10H16N2O2S. The topological polar surface area (TPSA) is 75.3 Å². The number of nitrogens with one attached hydrogen (secondary N) is 1. The summed E-state index contributed by atoms with van der Waals surface area (Å²) in [5.41, 5.74) is 5.69. The van der Waals surface area contributed by atoms with E-state index in [1.54, 1.807) is 11.4 Å². The van der Waals surface area contributed by atoms with Gasteiger partial charge in [-0.3, -0.25) is 4.79 Å². The van der Waals surface area contributed by atoms with Gasteiger partial charge in [-0.25, -0.2) is 0 Å².